The molecule has 2 aromatic heterocycles. The van der Waals surface area contributed by atoms with Crippen molar-refractivity contribution in [1.29, 1.82) is 0 Å². The first-order chi connectivity index (χ1) is 10.7. The maximum Gasteiger partial charge on any atom is 0.136 e. The van der Waals surface area contributed by atoms with Crippen molar-refractivity contribution in [1.82, 2.24) is 14.3 Å². The number of imidazole rings is 1. The number of nitrogens with zero attached hydrogens (tertiary/aromatic N) is 3. The maximum absolute atomic E-state index is 13.4. The van der Waals surface area contributed by atoms with Crippen LogP contribution in [-0.2, 0) is 6.54 Å². The first-order valence-electron chi connectivity index (χ1n) is 7.16. The van der Waals surface area contributed by atoms with E-state index in [-0.39, 0.29) is 18.5 Å². The lowest BCUT2D eigenvalue weighted by molar-refractivity contribution is 0.141. The summed E-state index contributed by atoms with van der Waals surface area (Å²) >= 11 is 0. The summed E-state index contributed by atoms with van der Waals surface area (Å²) in [6, 6.07) is 11.9. The van der Waals surface area contributed by atoms with Gasteiger partial charge in [-0.3, -0.25) is 4.90 Å². The Bertz CT molecular complexity index is 771. The molecule has 0 saturated carbocycles. The Morgan fingerprint density at radius 2 is 2.14 bits per heavy atom. The summed E-state index contributed by atoms with van der Waals surface area (Å²) in [7, 11) is 1.91. The number of hydrogen-bond acceptors (Lipinski definition) is 3. The van der Waals surface area contributed by atoms with Crippen molar-refractivity contribution in [2.24, 2.45) is 0 Å². The monoisotopic (exact) mass is 299 g/mol. The van der Waals surface area contributed by atoms with Crippen LogP contribution in [0.1, 0.15) is 17.3 Å². The summed E-state index contributed by atoms with van der Waals surface area (Å²) in [6.07, 6.45) is 3.79. The van der Waals surface area contributed by atoms with Crippen LogP contribution in [0, 0.1) is 5.82 Å². The number of likely N-dealkylation sites (N-methyl/N-ethyl adjacent to an activating group) is 1. The fourth-order valence-corrected chi connectivity index (χ4v) is 2.68. The van der Waals surface area contributed by atoms with E-state index in [1.165, 1.54) is 12.1 Å². The quantitative estimate of drug-likeness (QED) is 0.787. The smallest absolute Gasteiger partial charge is 0.136 e. The Labute approximate surface area is 128 Å². The van der Waals surface area contributed by atoms with Gasteiger partial charge in [0.15, 0.2) is 0 Å². The van der Waals surface area contributed by atoms with Crippen molar-refractivity contribution >= 4 is 5.65 Å². The second-order valence-electron chi connectivity index (χ2n) is 5.35. The Morgan fingerprint density at radius 3 is 2.91 bits per heavy atom. The third-order valence-electron chi connectivity index (χ3n) is 3.84. The number of benzene rings is 1. The molecular weight excluding hydrogens is 281 g/mol. The third-order valence-corrected chi connectivity index (χ3v) is 3.84. The lowest BCUT2D eigenvalue weighted by Crippen LogP contribution is -2.27. The highest BCUT2D eigenvalue weighted by molar-refractivity contribution is 5.39. The molecule has 3 rings (SSSR count). The number of fused-ring (bicyclic) bond motifs is 1. The molecule has 4 nitrogen and oxygen atoms in total. The Hall–Kier alpha value is -2.24. The molecule has 1 aromatic carbocycles. The topological polar surface area (TPSA) is 40.8 Å². The molecule has 5 heteroatoms. The van der Waals surface area contributed by atoms with Crippen LogP contribution in [0.25, 0.3) is 5.65 Å². The van der Waals surface area contributed by atoms with Gasteiger partial charge < -0.3 is 9.51 Å². The first-order valence-corrected chi connectivity index (χ1v) is 7.16. The van der Waals surface area contributed by atoms with E-state index in [0.29, 0.717) is 6.54 Å². The first kappa shape index (κ1) is 14.7. The van der Waals surface area contributed by atoms with Crippen molar-refractivity contribution in [2.75, 3.05) is 13.7 Å². The Morgan fingerprint density at radius 1 is 1.27 bits per heavy atom. The van der Waals surface area contributed by atoms with Crippen LogP contribution in [0.15, 0.2) is 54.9 Å². The molecule has 0 aliphatic heterocycles. The van der Waals surface area contributed by atoms with Gasteiger partial charge in [0.1, 0.15) is 11.5 Å². The fraction of sp³-hybridized carbons (Fsp3) is 0.235. The van der Waals surface area contributed by atoms with E-state index in [4.69, 9.17) is 0 Å². The van der Waals surface area contributed by atoms with E-state index < -0.39 is 0 Å². The fourth-order valence-electron chi connectivity index (χ4n) is 2.68. The predicted molar refractivity (Wildman–Crippen MR) is 82.9 cm³/mol. The normalized spacial score (nSPS) is 12.9. The summed E-state index contributed by atoms with van der Waals surface area (Å²) in [6.45, 7) is 0.531. The molecule has 1 unspecified atom stereocenters. The van der Waals surface area contributed by atoms with Crippen LogP contribution in [0.5, 0.6) is 0 Å². The maximum atomic E-state index is 13.4. The van der Waals surface area contributed by atoms with Gasteiger partial charge in [0.25, 0.3) is 0 Å². The molecule has 3 aromatic rings. The highest BCUT2D eigenvalue weighted by atomic mass is 19.1. The van der Waals surface area contributed by atoms with Crippen LogP contribution in [0.4, 0.5) is 4.39 Å². The van der Waals surface area contributed by atoms with E-state index in [1.54, 1.807) is 6.07 Å². The Balaban J connectivity index is 1.84. The molecule has 0 aliphatic rings. The zero-order valence-corrected chi connectivity index (χ0v) is 12.4. The molecule has 22 heavy (non-hydrogen) atoms. The molecule has 2 heterocycles. The summed E-state index contributed by atoms with van der Waals surface area (Å²) in [5.41, 5.74) is 2.67. The molecular formula is C17H18FN3O. The number of aromatic nitrogens is 2. The van der Waals surface area contributed by atoms with E-state index in [1.807, 2.05) is 53.0 Å². The van der Waals surface area contributed by atoms with Gasteiger partial charge in [-0.2, -0.15) is 0 Å². The molecule has 114 valence electrons. The number of pyridine rings is 1. The summed E-state index contributed by atoms with van der Waals surface area (Å²) in [5, 5.41) is 9.70. The highest BCUT2D eigenvalue weighted by Crippen LogP contribution is 2.22. The average Bonchev–Trinajstić information content (AvgIpc) is 2.91. The van der Waals surface area contributed by atoms with Crippen LogP contribution < -0.4 is 0 Å². The molecule has 0 fully saturated rings. The lowest BCUT2D eigenvalue weighted by atomic mass is 10.1. The van der Waals surface area contributed by atoms with Gasteiger partial charge in [-0.1, -0.05) is 18.2 Å². The van der Waals surface area contributed by atoms with Crippen LogP contribution >= 0.6 is 0 Å². The number of aliphatic hydroxyl groups is 1. The van der Waals surface area contributed by atoms with Crippen molar-refractivity contribution in [2.45, 2.75) is 12.6 Å². The second-order valence-corrected chi connectivity index (χ2v) is 5.35. The van der Waals surface area contributed by atoms with E-state index in [2.05, 4.69) is 4.98 Å². The van der Waals surface area contributed by atoms with Crippen molar-refractivity contribution in [3.63, 3.8) is 0 Å². The molecule has 0 amide bonds. The minimum atomic E-state index is -0.292. The van der Waals surface area contributed by atoms with E-state index in [0.717, 1.165) is 16.9 Å². The SMILES string of the molecule is CN(Cc1cnc2ccccn12)C(CO)c1cccc(F)c1. The molecule has 1 N–H and O–H groups in total. The summed E-state index contributed by atoms with van der Waals surface area (Å²) in [4.78, 5) is 6.35. The van der Waals surface area contributed by atoms with Crippen molar-refractivity contribution < 1.29 is 9.50 Å². The van der Waals surface area contributed by atoms with Gasteiger partial charge >= 0.3 is 0 Å². The van der Waals surface area contributed by atoms with Crippen molar-refractivity contribution in [3.8, 4) is 0 Å². The predicted octanol–water partition coefficient (Wildman–Crippen LogP) is 2.64. The van der Waals surface area contributed by atoms with Crippen LogP contribution in [0.3, 0.4) is 0 Å². The second kappa shape index (κ2) is 6.25. The molecule has 0 saturated heterocycles. The van der Waals surface area contributed by atoms with Crippen LogP contribution in [0.2, 0.25) is 0 Å². The number of aliphatic hydroxyl groups excluding tert-OH is 1. The number of halogens is 1. The average molecular weight is 299 g/mol. The van der Waals surface area contributed by atoms with Gasteiger partial charge in [0.05, 0.1) is 24.5 Å². The Kier molecular flexibility index (Phi) is 4.18. The number of hydrogen-bond donors (Lipinski definition) is 1. The zero-order valence-electron chi connectivity index (χ0n) is 12.4. The largest absolute Gasteiger partial charge is 0.394 e. The third kappa shape index (κ3) is 2.86. The number of rotatable bonds is 5. The van der Waals surface area contributed by atoms with Crippen molar-refractivity contribution in [3.05, 3.63) is 71.9 Å². The van der Waals surface area contributed by atoms with Gasteiger partial charge in [-0.05, 0) is 36.9 Å². The molecule has 0 bridgehead atoms. The lowest BCUT2D eigenvalue weighted by Gasteiger charge is -2.26. The minimum Gasteiger partial charge on any atom is -0.394 e. The highest BCUT2D eigenvalue weighted by Gasteiger charge is 2.18. The molecule has 0 radical (unpaired) electrons. The molecule has 0 spiro atoms. The zero-order chi connectivity index (χ0) is 15.5. The van der Waals surface area contributed by atoms with Gasteiger partial charge in [0, 0.05) is 12.7 Å². The summed E-state index contributed by atoms with van der Waals surface area (Å²) in [5.74, 6) is -0.292. The van der Waals surface area contributed by atoms with E-state index in [9.17, 15) is 9.50 Å². The summed E-state index contributed by atoms with van der Waals surface area (Å²) < 4.78 is 15.4. The minimum absolute atomic E-state index is 0.0727. The van der Waals surface area contributed by atoms with Crippen LogP contribution in [-0.4, -0.2) is 33.0 Å². The standard InChI is InChI=1S/C17H18FN3O/c1-20(16(12-22)13-5-4-6-14(18)9-13)11-15-10-19-17-7-2-3-8-21(15)17/h2-10,16,22H,11-12H2,1H3. The molecule has 0 aliphatic carbocycles. The molecule has 1 atom stereocenters. The van der Waals surface area contributed by atoms with Gasteiger partial charge in [-0.25, -0.2) is 9.37 Å². The van der Waals surface area contributed by atoms with Gasteiger partial charge in [0.2, 0.25) is 0 Å². The van der Waals surface area contributed by atoms with Gasteiger partial charge in [-0.15, -0.1) is 0 Å². The van der Waals surface area contributed by atoms with E-state index >= 15 is 0 Å².